The molecule has 31 heavy (non-hydrogen) atoms. The van der Waals surface area contributed by atoms with Crippen molar-refractivity contribution in [1.29, 1.82) is 5.26 Å². The molecule has 158 valence electrons. The molecule has 2 aromatic carbocycles. The van der Waals surface area contributed by atoms with E-state index in [2.05, 4.69) is 21.3 Å². The Hall–Kier alpha value is -3.66. The number of methoxy groups -OCH3 is 1. The Kier molecular flexibility index (Phi) is 5.99. The summed E-state index contributed by atoms with van der Waals surface area (Å²) in [6, 6.07) is 14.3. The highest BCUT2D eigenvalue weighted by molar-refractivity contribution is 5.95. The lowest BCUT2D eigenvalue weighted by Gasteiger charge is -2.34. The van der Waals surface area contributed by atoms with Gasteiger partial charge < -0.3 is 15.0 Å². The lowest BCUT2D eigenvalue weighted by Crippen LogP contribution is -2.40. The van der Waals surface area contributed by atoms with Crippen molar-refractivity contribution in [2.45, 2.75) is 19.4 Å². The number of anilines is 1. The third-order valence-electron chi connectivity index (χ3n) is 5.76. The average molecular weight is 418 g/mol. The molecule has 0 bridgehead atoms. The molecule has 0 atom stereocenters. The van der Waals surface area contributed by atoms with Gasteiger partial charge in [0.2, 0.25) is 5.91 Å². The number of aromatic nitrogens is 1. The van der Waals surface area contributed by atoms with E-state index in [9.17, 15) is 14.4 Å². The summed E-state index contributed by atoms with van der Waals surface area (Å²) in [6.45, 7) is 1.46. The summed E-state index contributed by atoms with van der Waals surface area (Å²) in [6.07, 6.45) is 2.90. The van der Waals surface area contributed by atoms with Gasteiger partial charge in [-0.3, -0.25) is 9.78 Å². The van der Waals surface area contributed by atoms with Gasteiger partial charge >= 0.3 is 0 Å². The van der Waals surface area contributed by atoms with Crippen molar-refractivity contribution >= 4 is 22.5 Å². The number of nitrogens with one attached hydrogen (secondary N) is 1. The minimum absolute atomic E-state index is 0.0651. The first-order chi connectivity index (χ1) is 15.1. The Morgan fingerprint density at radius 3 is 2.77 bits per heavy atom. The van der Waals surface area contributed by atoms with E-state index in [1.165, 1.54) is 6.07 Å². The fraction of sp³-hybridized carbons (Fsp3) is 0.292. The Morgan fingerprint density at radius 2 is 2.06 bits per heavy atom. The van der Waals surface area contributed by atoms with E-state index in [4.69, 9.17) is 4.74 Å². The molecule has 1 saturated heterocycles. The summed E-state index contributed by atoms with van der Waals surface area (Å²) >= 11 is 0. The number of pyridine rings is 1. The van der Waals surface area contributed by atoms with Crippen LogP contribution in [0.15, 0.2) is 48.7 Å². The van der Waals surface area contributed by atoms with Gasteiger partial charge in [-0.2, -0.15) is 5.26 Å². The first-order valence-electron chi connectivity index (χ1n) is 10.2. The van der Waals surface area contributed by atoms with Crippen LogP contribution < -0.4 is 15.0 Å². The zero-order chi connectivity index (χ0) is 21.8. The Bertz CT molecular complexity index is 1150. The average Bonchev–Trinajstić information content (AvgIpc) is 2.82. The van der Waals surface area contributed by atoms with E-state index in [1.807, 2.05) is 18.2 Å². The minimum Gasteiger partial charge on any atom is -0.497 e. The van der Waals surface area contributed by atoms with Gasteiger partial charge in [-0.15, -0.1) is 0 Å². The fourth-order valence-corrected chi connectivity index (χ4v) is 4.04. The van der Waals surface area contributed by atoms with Crippen molar-refractivity contribution < 1.29 is 13.9 Å². The molecular formula is C24H23FN4O2. The topological polar surface area (TPSA) is 78.2 Å². The van der Waals surface area contributed by atoms with Crippen LogP contribution in [0, 0.1) is 23.1 Å². The van der Waals surface area contributed by atoms with E-state index >= 15 is 0 Å². The number of hydrogen-bond donors (Lipinski definition) is 1. The van der Waals surface area contributed by atoms with Crippen LogP contribution in [0.3, 0.4) is 0 Å². The Balaban J connectivity index is 1.47. The van der Waals surface area contributed by atoms with Gasteiger partial charge in [0.15, 0.2) is 0 Å². The summed E-state index contributed by atoms with van der Waals surface area (Å²) in [4.78, 5) is 19.1. The van der Waals surface area contributed by atoms with Gasteiger partial charge in [0, 0.05) is 42.7 Å². The third-order valence-corrected chi connectivity index (χ3v) is 5.76. The van der Waals surface area contributed by atoms with Crippen LogP contribution in [0.2, 0.25) is 0 Å². The van der Waals surface area contributed by atoms with E-state index in [-0.39, 0.29) is 24.2 Å². The summed E-state index contributed by atoms with van der Waals surface area (Å²) in [5.74, 6) is 0.176. The van der Waals surface area contributed by atoms with E-state index in [0.29, 0.717) is 42.8 Å². The number of nitrogens with zero attached hydrogens (tertiary/aromatic N) is 3. The van der Waals surface area contributed by atoms with Crippen molar-refractivity contribution in [3.05, 3.63) is 65.6 Å². The van der Waals surface area contributed by atoms with E-state index < -0.39 is 0 Å². The second-order valence-corrected chi connectivity index (χ2v) is 7.59. The summed E-state index contributed by atoms with van der Waals surface area (Å²) in [5, 5.41) is 13.4. The smallest absolute Gasteiger partial charge is 0.223 e. The van der Waals surface area contributed by atoms with Crippen LogP contribution in [0.5, 0.6) is 5.75 Å². The number of benzene rings is 2. The highest BCUT2D eigenvalue weighted by Gasteiger charge is 2.27. The zero-order valence-corrected chi connectivity index (χ0v) is 17.3. The van der Waals surface area contributed by atoms with Crippen molar-refractivity contribution in [2.24, 2.45) is 5.92 Å². The molecule has 3 aromatic rings. The van der Waals surface area contributed by atoms with Crippen LogP contribution in [0.25, 0.3) is 10.9 Å². The number of piperidine rings is 1. The first-order valence-corrected chi connectivity index (χ1v) is 10.2. The Labute approximate surface area is 180 Å². The monoisotopic (exact) mass is 418 g/mol. The molecule has 1 aromatic heterocycles. The van der Waals surface area contributed by atoms with Gasteiger partial charge in [0.05, 0.1) is 23.9 Å². The van der Waals surface area contributed by atoms with Crippen molar-refractivity contribution in [3.8, 4) is 11.8 Å². The second-order valence-electron chi connectivity index (χ2n) is 7.59. The molecule has 6 nitrogen and oxygen atoms in total. The number of ether oxygens (including phenoxy) is 1. The minimum atomic E-state index is -0.318. The summed E-state index contributed by atoms with van der Waals surface area (Å²) in [7, 11) is 1.60. The van der Waals surface area contributed by atoms with Crippen LogP contribution >= 0.6 is 0 Å². The van der Waals surface area contributed by atoms with Crippen LogP contribution in [0.4, 0.5) is 10.1 Å². The SMILES string of the molecule is COc1ccc2ncc(C#N)c(N3CCC(C(=O)NCc4ccccc4F)CC3)c2c1. The molecular weight excluding hydrogens is 395 g/mol. The molecule has 0 radical (unpaired) electrons. The molecule has 1 fully saturated rings. The van der Waals surface area contributed by atoms with Gasteiger partial charge in [-0.25, -0.2) is 4.39 Å². The maximum Gasteiger partial charge on any atom is 0.223 e. The maximum absolute atomic E-state index is 13.8. The van der Waals surface area contributed by atoms with Gasteiger partial charge in [0.25, 0.3) is 0 Å². The second kappa shape index (κ2) is 9.00. The molecule has 1 N–H and O–H groups in total. The normalized spacial score (nSPS) is 14.3. The number of hydrogen-bond acceptors (Lipinski definition) is 5. The number of amides is 1. The highest BCUT2D eigenvalue weighted by atomic mass is 19.1. The number of carbonyl (C=O) groups excluding carboxylic acids is 1. The molecule has 0 unspecified atom stereocenters. The van der Waals surface area contributed by atoms with Crippen LogP contribution in [-0.2, 0) is 11.3 Å². The number of carbonyl (C=O) groups is 1. The summed E-state index contributed by atoms with van der Waals surface area (Å²) < 4.78 is 19.1. The summed E-state index contributed by atoms with van der Waals surface area (Å²) in [5.41, 5.74) is 2.60. The lowest BCUT2D eigenvalue weighted by molar-refractivity contribution is -0.125. The molecule has 0 aliphatic carbocycles. The molecule has 4 rings (SSSR count). The van der Waals surface area contributed by atoms with Crippen molar-refractivity contribution in [3.63, 3.8) is 0 Å². The maximum atomic E-state index is 13.8. The first kappa shape index (κ1) is 20.6. The zero-order valence-electron chi connectivity index (χ0n) is 17.3. The van der Waals surface area contributed by atoms with Crippen molar-refractivity contribution in [1.82, 2.24) is 10.3 Å². The Morgan fingerprint density at radius 1 is 1.29 bits per heavy atom. The quantitative estimate of drug-likeness (QED) is 0.682. The standard InChI is InChI=1S/C24H23FN4O2/c1-31-19-6-7-22-20(12-19)23(18(13-26)15-27-22)29-10-8-16(9-11-29)24(30)28-14-17-4-2-3-5-21(17)25/h2-7,12,15-16H,8-11,14H2,1H3,(H,28,30). The lowest BCUT2D eigenvalue weighted by atomic mass is 9.94. The van der Waals surface area contributed by atoms with Crippen LogP contribution in [0.1, 0.15) is 24.0 Å². The van der Waals surface area contributed by atoms with Gasteiger partial charge in [-0.1, -0.05) is 18.2 Å². The molecule has 1 aliphatic heterocycles. The van der Waals surface area contributed by atoms with Gasteiger partial charge in [0.1, 0.15) is 17.6 Å². The fourth-order valence-electron chi connectivity index (χ4n) is 4.04. The van der Waals surface area contributed by atoms with Crippen LogP contribution in [-0.4, -0.2) is 31.1 Å². The van der Waals surface area contributed by atoms with E-state index in [0.717, 1.165) is 16.6 Å². The highest BCUT2D eigenvalue weighted by Crippen LogP contribution is 2.34. The molecule has 0 spiro atoms. The molecule has 0 saturated carbocycles. The number of fused-ring (bicyclic) bond motifs is 1. The van der Waals surface area contributed by atoms with E-state index in [1.54, 1.807) is 31.5 Å². The molecule has 1 aliphatic rings. The number of rotatable bonds is 5. The molecule has 2 heterocycles. The predicted molar refractivity (Wildman–Crippen MR) is 116 cm³/mol. The van der Waals surface area contributed by atoms with Gasteiger partial charge in [-0.05, 0) is 37.1 Å². The molecule has 1 amide bonds. The predicted octanol–water partition coefficient (Wildman–Crippen LogP) is 3.79. The van der Waals surface area contributed by atoms with Crippen molar-refractivity contribution in [2.75, 3.05) is 25.1 Å². The molecule has 7 heteroatoms. The number of nitriles is 1. The largest absolute Gasteiger partial charge is 0.497 e. The number of halogens is 1. The third kappa shape index (κ3) is 4.29.